The lowest BCUT2D eigenvalue weighted by Crippen LogP contribution is -2.16. The number of hydrogen-bond acceptors (Lipinski definition) is 1. The van der Waals surface area contributed by atoms with Gasteiger partial charge in [-0.05, 0) is 19.3 Å². The van der Waals surface area contributed by atoms with Crippen LogP contribution >= 0.6 is 0 Å². The van der Waals surface area contributed by atoms with Gasteiger partial charge in [-0.2, -0.15) is 0 Å². The lowest BCUT2D eigenvalue weighted by Gasteiger charge is -2.06. The molecule has 0 heterocycles. The molecule has 0 aliphatic carbocycles. The topological polar surface area (TPSA) is 20.3 Å². The molecule has 0 fully saturated rings. The van der Waals surface area contributed by atoms with E-state index in [0.29, 0.717) is 0 Å². The number of nitrogens with zero attached hydrogens (tertiary/aromatic N) is 1. The minimum Gasteiger partial charge on any atom is -0.348 e. The molecule has 0 saturated carbocycles. The molecule has 0 aliphatic heterocycles. The highest BCUT2D eigenvalue weighted by Crippen LogP contribution is 1.95. The number of allylic oxidation sites excluding steroid dienone is 1. The second-order valence-corrected chi connectivity index (χ2v) is 2.84. The fraction of sp³-hybridized carbons (Fsp3) is 0.600. The molecule has 1 radical (unpaired) electrons. The smallest absolute Gasteiger partial charge is 0.209 e. The van der Waals surface area contributed by atoms with Gasteiger partial charge in [0.05, 0.1) is 0 Å². The number of amides is 1. The Morgan fingerprint density at radius 2 is 2.00 bits per heavy atom. The molecule has 69 valence electrons. The highest BCUT2D eigenvalue weighted by atomic mass is 16.1. The van der Waals surface area contributed by atoms with Gasteiger partial charge in [-0.15, -0.1) is 0 Å². The van der Waals surface area contributed by atoms with Gasteiger partial charge in [-0.1, -0.05) is 25.5 Å². The van der Waals surface area contributed by atoms with Crippen LogP contribution in [0.4, 0.5) is 0 Å². The van der Waals surface area contributed by atoms with Gasteiger partial charge in [0.15, 0.2) is 0 Å². The third kappa shape index (κ3) is 7.32. The van der Waals surface area contributed by atoms with E-state index in [-0.39, 0.29) is 0 Å². The molecule has 0 saturated heterocycles. The number of unbranched alkanes of at least 4 members (excludes halogenated alkanes) is 2. The summed E-state index contributed by atoms with van der Waals surface area (Å²) >= 11 is 0. The molecular formula is C10H18NO. The fourth-order valence-electron chi connectivity index (χ4n) is 0.829. The van der Waals surface area contributed by atoms with Crippen LogP contribution < -0.4 is 0 Å². The summed E-state index contributed by atoms with van der Waals surface area (Å²) in [5, 5.41) is 0. The molecule has 0 spiro atoms. The summed E-state index contributed by atoms with van der Waals surface area (Å²) in [7, 11) is 1.79. The van der Waals surface area contributed by atoms with Crippen molar-refractivity contribution in [1.29, 1.82) is 0 Å². The van der Waals surface area contributed by atoms with Crippen LogP contribution in [-0.2, 0) is 4.79 Å². The summed E-state index contributed by atoms with van der Waals surface area (Å²) in [5.74, 6) is 0. The quantitative estimate of drug-likeness (QED) is 0.323. The van der Waals surface area contributed by atoms with Crippen LogP contribution in [0, 0.1) is 6.92 Å². The summed E-state index contributed by atoms with van der Waals surface area (Å²) < 4.78 is 0. The maximum absolute atomic E-state index is 10.2. The predicted octanol–water partition coefficient (Wildman–Crippen LogP) is 2.03. The third-order valence-corrected chi connectivity index (χ3v) is 1.62. The Morgan fingerprint density at radius 3 is 2.58 bits per heavy atom. The van der Waals surface area contributed by atoms with Gasteiger partial charge in [0.25, 0.3) is 0 Å². The second-order valence-electron chi connectivity index (χ2n) is 2.84. The van der Waals surface area contributed by atoms with Crippen molar-refractivity contribution in [3.63, 3.8) is 0 Å². The number of carbonyl (C=O) groups is 1. The summed E-state index contributed by atoms with van der Waals surface area (Å²) in [5.41, 5.74) is 0. The van der Waals surface area contributed by atoms with E-state index >= 15 is 0 Å². The van der Waals surface area contributed by atoms with Gasteiger partial charge in [0, 0.05) is 13.6 Å². The average molecular weight is 168 g/mol. The van der Waals surface area contributed by atoms with Crippen molar-refractivity contribution in [3.05, 3.63) is 19.1 Å². The minimum atomic E-state index is 0.810. The molecule has 0 aromatic heterocycles. The summed E-state index contributed by atoms with van der Waals surface area (Å²) in [6, 6.07) is 0. The molecule has 2 nitrogen and oxygen atoms in total. The summed E-state index contributed by atoms with van der Waals surface area (Å²) in [6.45, 7) is 4.57. The van der Waals surface area contributed by atoms with E-state index in [9.17, 15) is 4.79 Å². The van der Waals surface area contributed by atoms with E-state index in [1.807, 2.05) is 0 Å². The minimum absolute atomic E-state index is 0.810. The lowest BCUT2D eigenvalue weighted by atomic mass is 10.2. The third-order valence-electron chi connectivity index (χ3n) is 1.62. The van der Waals surface area contributed by atoms with Crippen molar-refractivity contribution in [2.45, 2.75) is 25.7 Å². The van der Waals surface area contributed by atoms with Crippen LogP contribution in [0.1, 0.15) is 25.7 Å². The van der Waals surface area contributed by atoms with E-state index in [2.05, 4.69) is 19.1 Å². The molecule has 1 amide bonds. The molecule has 0 N–H and O–H groups in total. The number of hydrogen-bond donors (Lipinski definition) is 0. The fourth-order valence-corrected chi connectivity index (χ4v) is 0.829. The molecule has 0 unspecified atom stereocenters. The molecular weight excluding hydrogens is 150 g/mol. The zero-order chi connectivity index (χ0) is 9.23. The summed E-state index contributed by atoms with van der Waals surface area (Å²) in [4.78, 5) is 11.8. The monoisotopic (exact) mass is 168 g/mol. The van der Waals surface area contributed by atoms with Crippen molar-refractivity contribution in [3.8, 4) is 0 Å². The van der Waals surface area contributed by atoms with Crippen LogP contribution in [0.2, 0.25) is 0 Å². The van der Waals surface area contributed by atoms with Gasteiger partial charge < -0.3 is 4.90 Å². The van der Waals surface area contributed by atoms with E-state index in [1.54, 1.807) is 11.9 Å². The van der Waals surface area contributed by atoms with Crippen LogP contribution in [-0.4, -0.2) is 24.9 Å². The van der Waals surface area contributed by atoms with Crippen LogP contribution in [0.15, 0.2) is 12.2 Å². The molecule has 12 heavy (non-hydrogen) atoms. The first-order chi connectivity index (χ1) is 5.81. The molecule has 0 aromatic rings. The molecule has 0 rings (SSSR count). The van der Waals surface area contributed by atoms with Crippen LogP contribution in [0.25, 0.3) is 0 Å². The van der Waals surface area contributed by atoms with Gasteiger partial charge >= 0.3 is 0 Å². The lowest BCUT2D eigenvalue weighted by molar-refractivity contribution is -0.116. The van der Waals surface area contributed by atoms with E-state index in [4.69, 9.17) is 0 Å². The van der Waals surface area contributed by atoms with E-state index < -0.39 is 0 Å². The Balaban J connectivity index is 3.18. The van der Waals surface area contributed by atoms with Gasteiger partial charge in [-0.3, -0.25) is 4.79 Å². The highest BCUT2D eigenvalue weighted by Gasteiger charge is 1.88. The molecule has 0 atom stereocenters. The van der Waals surface area contributed by atoms with Crippen molar-refractivity contribution < 1.29 is 4.79 Å². The zero-order valence-corrected chi connectivity index (χ0v) is 7.83. The van der Waals surface area contributed by atoms with Gasteiger partial charge in [0.2, 0.25) is 6.41 Å². The number of rotatable bonds is 7. The van der Waals surface area contributed by atoms with E-state index in [0.717, 1.165) is 38.6 Å². The Bertz CT molecular complexity index is 132. The van der Waals surface area contributed by atoms with Crippen LogP contribution in [0.3, 0.4) is 0 Å². The van der Waals surface area contributed by atoms with Gasteiger partial charge in [0.1, 0.15) is 0 Å². The first kappa shape index (κ1) is 11.2. The van der Waals surface area contributed by atoms with E-state index in [1.165, 1.54) is 0 Å². The number of carbonyl (C=O) groups excluding carboxylic acids is 1. The largest absolute Gasteiger partial charge is 0.348 e. The standard InChI is InChI=1S/C10H18NO/c1-3-4-5-6-7-8-9-11(2)10-12/h6-7,10H,1,3-5,8-9H2,2H3. The van der Waals surface area contributed by atoms with Crippen LogP contribution in [0.5, 0.6) is 0 Å². The predicted molar refractivity (Wildman–Crippen MR) is 51.7 cm³/mol. The maximum Gasteiger partial charge on any atom is 0.209 e. The maximum atomic E-state index is 10.2. The van der Waals surface area contributed by atoms with Crippen molar-refractivity contribution in [2.24, 2.45) is 0 Å². The average Bonchev–Trinajstić information content (AvgIpc) is 2.10. The molecule has 2 heteroatoms. The molecule has 0 bridgehead atoms. The molecule has 0 aromatic carbocycles. The van der Waals surface area contributed by atoms with Crippen molar-refractivity contribution >= 4 is 6.41 Å². The Labute approximate surface area is 75.3 Å². The molecule has 0 aliphatic rings. The normalized spacial score (nSPS) is 10.5. The highest BCUT2D eigenvalue weighted by molar-refractivity contribution is 5.46. The Hall–Kier alpha value is -0.790. The van der Waals surface area contributed by atoms with Gasteiger partial charge in [-0.25, -0.2) is 0 Å². The van der Waals surface area contributed by atoms with Crippen molar-refractivity contribution in [1.82, 2.24) is 4.90 Å². The SMILES string of the molecule is [CH2]CCCC=CCCN(C)C=O. The van der Waals surface area contributed by atoms with Crippen molar-refractivity contribution in [2.75, 3.05) is 13.6 Å². The summed E-state index contributed by atoms with van der Waals surface area (Å²) in [6.07, 6.45) is 9.34. The Kier molecular flexibility index (Phi) is 7.76. The first-order valence-corrected chi connectivity index (χ1v) is 4.41. The second kappa shape index (κ2) is 8.31. The zero-order valence-electron chi connectivity index (χ0n) is 7.83. The Morgan fingerprint density at radius 1 is 1.33 bits per heavy atom. The first-order valence-electron chi connectivity index (χ1n) is 4.41.